The van der Waals surface area contributed by atoms with E-state index in [4.69, 9.17) is 4.74 Å². The highest BCUT2D eigenvalue weighted by molar-refractivity contribution is 7.90. The summed E-state index contributed by atoms with van der Waals surface area (Å²) in [4.78, 5) is 1.83. The van der Waals surface area contributed by atoms with E-state index >= 15 is 0 Å². The standard InChI is InChI=1S/C25H30F4N6O3S/c1-34-24-19(13-31-34)11-18(12-20(24)26)17-6-4-16(5-7-17)15-38-22-14-35(23-3-2-9-30-32-23)10-8-21(22)33-39(36,37)25(27,28)29/h2-3,9,11-13,16-17,21-22,33H,4-8,10,14-15H2,1H3/t16?,17?,21-,22+/m0/s1. The molecule has 2 aromatic heterocycles. The molecule has 39 heavy (non-hydrogen) atoms. The quantitative estimate of drug-likeness (QED) is 0.430. The van der Waals surface area contributed by atoms with Crippen molar-refractivity contribution in [2.24, 2.45) is 13.0 Å². The van der Waals surface area contributed by atoms with Gasteiger partial charge in [-0.1, -0.05) is 0 Å². The minimum atomic E-state index is -5.52. The van der Waals surface area contributed by atoms with Crippen LogP contribution in [0.2, 0.25) is 0 Å². The van der Waals surface area contributed by atoms with Gasteiger partial charge < -0.3 is 9.64 Å². The largest absolute Gasteiger partial charge is 0.511 e. The summed E-state index contributed by atoms with van der Waals surface area (Å²) in [7, 11) is -3.82. The van der Waals surface area contributed by atoms with Crippen LogP contribution >= 0.6 is 0 Å². The van der Waals surface area contributed by atoms with Crippen LogP contribution in [-0.4, -0.2) is 65.7 Å². The number of rotatable bonds is 7. The Balaban J connectivity index is 1.22. The van der Waals surface area contributed by atoms with E-state index < -0.39 is 27.7 Å². The number of sulfonamides is 1. The predicted molar refractivity (Wildman–Crippen MR) is 136 cm³/mol. The second kappa shape index (κ2) is 11.0. The summed E-state index contributed by atoms with van der Waals surface area (Å²) in [6, 6.07) is 5.96. The second-order valence-electron chi connectivity index (χ2n) is 10.3. The first-order valence-electron chi connectivity index (χ1n) is 12.9. The van der Waals surface area contributed by atoms with Crippen molar-refractivity contribution in [1.82, 2.24) is 24.7 Å². The van der Waals surface area contributed by atoms with E-state index in [1.165, 1.54) is 10.9 Å². The third kappa shape index (κ3) is 6.02. The SMILES string of the molecule is Cn1ncc2cc(C3CCC(CO[C@@H]4CN(c5cccnn5)CC[C@@H]4NS(=O)(=O)C(F)(F)F)CC3)cc(F)c21. The van der Waals surface area contributed by atoms with Crippen molar-refractivity contribution in [3.8, 4) is 0 Å². The van der Waals surface area contributed by atoms with Gasteiger partial charge >= 0.3 is 15.5 Å². The van der Waals surface area contributed by atoms with Crippen LogP contribution in [0.15, 0.2) is 36.7 Å². The fourth-order valence-electron chi connectivity index (χ4n) is 5.60. The first kappa shape index (κ1) is 27.7. The number of alkyl halides is 3. The molecular formula is C25H30F4N6O3S. The van der Waals surface area contributed by atoms with E-state index in [-0.39, 0.29) is 37.2 Å². The summed E-state index contributed by atoms with van der Waals surface area (Å²) in [5, 5.41) is 12.8. The maximum Gasteiger partial charge on any atom is 0.511 e. The highest BCUT2D eigenvalue weighted by atomic mass is 32.2. The Kier molecular flexibility index (Phi) is 7.80. The van der Waals surface area contributed by atoms with Crippen molar-refractivity contribution in [2.45, 2.75) is 55.7 Å². The minimum Gasteiger partial charge on any atom is -0.374 e. The lowest BCUT2D eigenvalue weighted by Gasteiger charge is -2.40. The van der Waals surface area contributed by atoms with Gasteiger partial charge in [0.15, 0.2) is 5.82 Å². The molecule has 3 aromatic rings. The molecule has 3 heterocycles. The number of fused-ring (bicyclic) bond motifs is 1. The zero-order chi connectivity index (χ0) is 27.8. The van der Waals surface area contributed by atoms with Crippen molar-refractivity contribution in [1.29, 1.82) is 0 Å². The Hall–Kier alpha value is -2.84. The fraction of sp³-hybridized carbons (Fsp3) is 0.560. The third-order valence-electron chi connectivity index (χ3n) is 7.73. The van der Waals surface area contributed by atoms with Gasteiger partial charge in [-0.2, -0.15) is 23.4 Å². The smallest absolute Gasteiger partial charge is 0.374 e. The van der Waals surface area contributed by atoms with Crippen molar-refractivity contribution < 1.29 is 30.7 Å². The number of ether oxygens (including phenoxy) is 1. The monoisotopic (exact) mass is 570 g/mol. The molecule has 1 aliphatic heterocycles. The van der Waals surface area contributed by atoms with Crippen LogP contribution in [0, 0.1) is 11.7 Å². The highest BCUT2D eigenvalue weighted by Crippen LogP contribution is 2.38. The molecule has 2 aliphatic rings. The molecule has 0 bridgehead atoms. The van der Waals surface area contributed by atoms with Crippen molar-refractivity contribution in [2.75, 3.05) is 24.6 Å². The van der Waals surface area contributed by atoms with Gasteiger partial charge in [-0.3, -0.25) is 4.68 Å². The van der Waals surface area contributed by atoms with Gasteiger partial charge in [0.1, 0.15) is 11.3 Å². The number of aromatic nitrogens is 4. The van der Waals surface area contributed by atoms with E-state index in [0.717, 1.165) is 36.6 Å². The number of nitrogens with one attached hydrogen (secondary N) is 1. The Labute approximate surface area is 223 Å². The van der Waals surface area contributed by atoms with E-state index in [1.807, 2.05) is 15.7 Å². The molecule has 5 rings (SSSR count). The topological polar surface area (TPSA) is 102 Å². The van der Waals surface area contributed by atoms with Crippen LogP contribution in [0.25, 0.3) is 10.9 Å². The number of nitrogens with zero attached hydrogens (tertiary/aromatic N) is 5. The molecule has 0 amide bonds. The fourth-order valence-corrected chi connectivity index (χ4v) is 6.40. The van der Waals surface area contributed by atoms with E-state index in [9.17, 15) is 26.0 Å². The first-order valence-corrected chi connectivity index (χ1v) is 14.3. The van der Waals surface area contributed by atoms with Gasteiger partial charge in [0, 0.05) is 38.3 Å². The molecular weight excluding hydrogens is 540 g/mol. The molecule has 1 aromatic carbocycles. The highest BCUT2D eigenvalue weighted by Gasteiger charge is 2.48. The molecule has 1 aliphatic carbocycles. The number of anilines is 1. The van der Waals surface area contributed by atoms with Gasteiger partial charge in [0.25, 0.3) is 0 Å². The number of halogens is 4. The molecule has 14 heteroatoms. The molecule has 1 saturated heterocycles. The Morgan fingerprint density at radius 2 is 1.92 bits per heavy atom. The zero-order valence-electron chi connectivity index (χ0n) is 21.3. The number of hydrogen-bond donors (Lipinski definition) is 1. The number of benzene rings is 1. The van der Waals surface area contributed by atoms with E-state index in [0.29, 0.717) is 17.9 Å². The maximum atomic E-state index is 14.7. The lowest BCUT2D eigenvalue weighted by atomic mass is 9.79. The molecule has 212 valence electrons. The average Bonchev–Trinajstić information content (AvgIpc) is 3.29. The summed E-state index contributed by atoms with van der Waals surface area (Å²) in [5.41, 5.74) is -4.00. The van der Waals surface area contributed by atoms with Gasteiger partial charge in [0.2, 0.25) is 0 Å². The van der Waals surface area contributed by atoms with Crippen LogP contribution < -0.4 is 9.62 Å². The molecule has 0 unspecified atom stereocenters. The Morgan fingerprint density at radius 1 is 1.15 bits per heavy atom. The molecule has 2 fully saturated rings. The van der Waals surface area contributed by atoms with Gasteiger partial charge in [0.05, 0.1) is 18.3 Å². The normalized spacial score (nSPS) is 24.8. The van der Waals surface area contributed by atoms with Crippen molar-refractivity contribution >= 4 is 26.7 Å². The van der Waals surface area contributed by atoms with Gasteiger partial charge in [-0.25, -0.2) is 17.5 Å². The van der Waals surface area contributed by atoms with Gasteiger partial charge in [-0.05, 0) is 73.8 Å². The first-order chi connectivity index (χ1) is 18.5. The van der Waals surface area contributed by atoms with Gasteiger partial charge in [-0.15, -0.1) is 5.10 Å². The third-order valence-corrected chi connectivity index (χ3v) is 8.95. The van der Waals surface area contributed by atoms with E-state index in [1.54, 1.807) is 31.4 Å². The predicted octanol–water partition coefficient (Wildman–Crippen LogP) is 3.88. The maximum absolute atomic E-state index is 14.7. The number of aryl methyl sites for hydroxylation is 1. The van der Waals surface area contributed by atoms with Crippen LogP contribution in [0.3, 0.4) is 0 Å². The summed E-state index contributed by atoms with van der Waals surface area (Å²) < 4.78 is 87.0. The van der Waals surface area contributed by atoms with Crippen LogP contribution in [-0.2, 0) is 21.8 Å². The van der Waals surface area contributed by atoms with Crippen LogP contribution in [0.5, 0.6) is 0 Å². The number of piperidine rings is 1. The molecule has 0 radical (unpaired) electrons. The zero-order valence-corrected chi connectivity index (χ0v) is 22.1. The number of hydrogen-bond acceptors (Lipinski definition) is 7. The minimum absolute atomic E-state index is 0.117. The summed E-state index contributed by atoms with van der Waals surface area (Å²) in [6.07, 6.45) is 5.72. The van der Waals surface area contributed by atoms with Crippen LogP contribution in [0.4, 0.5) is 23.4 Å². The molecule has 9 nitrogen and oxygen atoms in total. The lowest BCUT2D eigenvalue weighted by molar-refractivity contribution is -0.0470. The second-order valence-corrected chi connectivity index (χ2v) is 12.0. The molecule has 2 atom stereocenters. The summed E-state index contributed by atoms with van der Waals surface area (Å²) in [6.45, 7) is 0.752. The molecule has 1 N–H and O–H groups in total. The van der Waals surface area contributed by atoms with E-state index in [2.05, 4.69) is 15.3 Å². The molecule has 0 spiro atoms. The van der Waals surface area contributed by atoms with Crippen molar-refractivity contribution in [3.63, 3.8) is 0 Å². The summed E-state index contributed by atoms with van der Waals surface area (Å²) in [5.74, 6) is 0.584. The lowest BCUT2D eigenvalue weighted by Crippen LogP contribution is -2.57. The Morgan fingerprint density at radius 3 is 2.62 bits per heavy atom. The average molecular weight is 571 g/mol. The van der Waals surface area contributed by atoms with Crippen LogP contribution in [0.1, 0.15) is 43.6 Å². The molecule has 1 saturated carbocycles. The Bertz CT molecular complexity index is 1390. The van der Waals surface area contributed by atoms with Crippen molar-refractivity contribution in [3.05, 3.63) is 48.0 Å². The summed E-state index contributed by atoms with van der Waals surface area (Å²) >= 11 is 0.